The number of nitrogens with two attached hydrogens (primary N) is 1. The van der Waals surface area contributed by atoms with Crippen molar-refractivity contribution in [3.63, 3.8) is 0 Å². The number of phenolic OH excluding ortho intramolecular Hbond substituents is 3. The van der Waals surface area contributed by atoms with Gasteiger partial charge in [-0.3, -0.25) is 38.6 Å². The van der Waals surface area contributed by atoms with E-state index in [9.17, 15) is 53.7 Å². The Labute approximate surface area is 291 Å². The predicted octanol–water partition coefficient (Wildman–Crippen LogP) is -0.0555. The highest BCUT2D eigenvalue weighted by molar-refractivity contribution is 6.08. The lowest BCUT2D eigenvalue weighted by atomic mass is 9.97. The molecule has 0 aliphatic carbocycles. The van der Waals surface area contributed by atoms with Gasteiger partial charge in [-0.05, 0) is 56.9 Å². The number of hydrogen-bond acceptors (Lipinski definition) is 13. The first kappa shape index (κ1) is 37.8. The van der Waals surface area contributed by atoms with Gasteiger partial charge < -0.3 is 35.8 Å². The lowest BCUT2D eigenvalue weighted by molar-refractivity contribution is -0.159. The van der Waals surface area contributed by atoms with Crippen molar-refractivity contribution < 1.29 is 63.1 Å². The van der Waals surface area contributed by atoms with Crippen LogP contribution in [-0.2, 0) is 55.9 Å². The highest BCUT2D eigenvalue weighted by Gasteiger charge is 2.46. The van der Waals surface area contributed by atoms with E-state index < -0.39 is 83.8 Å². The molecule has 0 saturated carbocycles. The van der Waals surface area contributed by atoms with E-state index in [4.69, 9.17) is 15.2 Å². The number of primary amides is 1. The number of rotatable bonds is 14. The number of likely N-dealkylation sites (tertiary alicyclic amines) is 2. The number of ether oxygens (including phenoxy) is 2. The number of phenols is 3. The van der Waals surface area contributed by atoms with E-state index in [0.717, 1.165) is 17.0 Å². The largest absolute Gasteiger partial charge is 0.508 e. The van der Waals surface area contributed by atoms with Crippen molar-refractivity contribution in [2.45, 2.75) is 71.0 Å². The second-order valence-electron chi connectivity index (χ2n) is 12.3. The summed E-state index contributed by atoms with van der Waals surface area (Å²) in [5, 5.41) is 32.6. The third-order valence-corrected chi connectivity index (χ3v) is 8.57. The Kier molecular flexibility index (Phi) is 11.6. The molecule has 0 radical (unpaired) electrons. The van der Waals surface area contributed by atoms with Gasteiger partial charge in [-0.15, -0.1) is 0 Å². The Bertz CT molecular complexity index is 1780. The first-order chi connectivity index (χ1) is 24.0. The number of carbonyl (C=O) groups excluding carboxylic acids is 8. The number of hydrogen-bond donors (Lipinski definition) is 5. The first-order valence-corrected chi connectivity index (χ1v) is 16.0. The molecule has 2 saturated heterocycles. The molecule has 2 fully saturated rings. The molecule has 2 aromatic carbocycles. The summed E-state index contributed by atoms with van der Waals surface area (Å²) in [7, 11) is 0. The van der Waals surface area contributed by atoms with Crippen LogP contribution in [0, 0.1) is 11.8 Å². The monoisotopic (exact) mass is 710 g/mol. The second-order valence-corrected chi connectivity index (χ2v) is 12.3. The molecule has 2 aromatic rings. The zero-order valence-corrected chi connectivity index (χ0v) is 28.0. The smallest absolute Gasteiger partial charge is 0.333 e. The molecule has 17 heteroatoms. The second kappa shape index (κ2) is 15.7. The minimum absolute atomic E-state index is 0.00364. The molecule has 0 bridgehead atoms. The highest BCUT2D eigenvalue weighted by Crippen LogP contribution is 2.33. The zero-order valence-electron chi connectivity index (χ0n) is 28.0. The van der Waals surface area contributed by atoms with Crippen molar-refractivity contribution in [2.75, 3.05) is 6.61 Å². The number of aromatic hydroxyl groups is 3. The van der Waals surface area contributed by atoms with Crippen LogP contribution in [0.4, 0.5) is 0 Å². The van der Waals surface area contributed by atoms with E-state index >= 15 is 0 Å². The number of imide groups is 2. The molecule has 51 heavy (non-hydrogen) atoms. The van der Waals surface area contributed by atoms with Gasteiger partial charge in [0.05, 0.1) is 24.9 Å². The van der Waals surface area contributed by atoms with Gasteiger partial charge in [-0.1, -0.05) is 12.1 Å². The van der Waals surface area contributed by atoms with Crippen LogP contribution < -0.4 is 15.8 Å². The maximum atomic E-state index is 13.1. The Hall–Kier alpha value is -6.00. The van der Waals surface area contributed by atoms with Gasteiger partial charge in [0.15, 0.2) is 0 Å². The zero-order chi connectivity index (χ0) is 37.7. The Morgan fingerprint density at radius 1 is 0.843 bits per heavy atom. The van der Waals surface area contributed by atoms with Crippen molar-refractivity contribution in [1.29, 1.82) is 0 Å². The fourth-order valence-corrected chi connectivity index (χ4v) is 5.94. The van der Waals surface area contributed by atoms with Gasteiger partial charge in [0.2, 0.25) is 35.4 Å². The summed E-state index contributed by atoms with van der Waals surface area (Å²) in [5.41, 5.74) is 5.76. The van der Waals surface area contributed by atoms with Gasteiger partial charge in [-0.2, -0.15) is 0 Å². The average molecular weight is 711 g/mol. The Morgan fingerprint density at radius 2 is 1.39 bits per heavy atom. The molecule has 5 atom stereocenters. The van der Waals surface area contributed by atoms with E-state index in [1.807, 2.05) is 0 Å². The van der Waals surface area contributed by atoms with Crippen molar-refractivity contribution >= 4 is 47.4 Å². The fraction of sp³-hybridized carbons (Fsp3) is 0.412. The molecule has 6 amide bonds. The van der Waals surface area contributed by atoms with E-state index in [0.29, 0.717) is 10.5 Å². The summed E-state index contributed by atoms with van der Waals surface area (Å²) >= 11 is 0. The van der Waals surface area contributed by atoms with E-state index in [1.54, 1.807) is 0 Å². The van der Waals surface area contributed by atoms with Gasteiger partial charge in [0.25, 0.3) is 0 Å². The number of esters is 2. The van der Waals surface area contributed by atoms with Crippen LogP contribution in [0.3, 0.4) is 0 Å². The normalized spacial score (nSPS) is 19.1. The van der Waals surface area contributed by atoms with Gasteiger partial charge >= 0.3 is 11.9 Å². The maximum Gasteiger partial charge on any atom is 0.333 e. The van der Waals surface area contributed by atoms with Gasteiger partial charge in [0.1, 0.15) is 41.1 Å². The standard InChI is InChI=1S/C34H38N4O13/c1-4-50-34(49)24(15-27(35)42)38-29(44)12-21(32(38)47)10-19-6-8-23(14-26(19)41)51-33(48)16(2)36-30(45)17(3)37-28(43)11-20(31(37)46)9-18-5-7-22(39)13-25(18)40/h5-8,13-14,16-17,20-21,24,39-41H,4,9-12,15H2,1-3H3,(H2,35,42)(H,36,45)/t16-,17?,20?,21?,24?/m0/s1. The summed E-state index contributed by atoms with van der Waals surface area (Å²) < 4.78 is 10.2. The lowest BCUT2D eigenvalue weighted by Gasteiger charge is -2.24. The molecule has 4 unspecified atom stereocenters. The molecule has 272 valence electrons. The van der Waals surface area contributed by atoms with Gasteiger partial charge in [0, 0.05) is 25.0 Å². The van der Waals surface area contributed by atoms with Crippen molar-refractivity contribution in [1.82, 2.24) is 15.1 Å². The third kappa shape index (κ3) is 8.60. The summed E-state index contributed by atoms with van der Waals surface area (Å²) in [6.45, 7) is 4.09. The van der Waals surface area contributed by atoms with Crippen molar-refractivity contribution in [3.8, 4) is 23.0 Å². The van der Waals surface area contributed by atoms with Crippen LogP contribution in [0.5, 0.6) is 23.0 Å². The van der Waals surface area contributed by atoms with E-state index in [1.165, 1.54) is 45.0 Å². The van der Waals surface area contributed by atoms with E-state index in [-0.39, 0.29) is 60.9 Å². The average Bonchev–Trinajstić information content (AvgIpc) is 3.49. The molecule has 2 heterocycles. The third-order valence-electron chi connectivity index (χ3n) is 8.57. The molecular formula is C34H38N4O13. The first-order valence-electron chi connectivity index (χ1n) is 16.0. The summed E-state index contributed by atoms with van der Waals surface area (Å²) in [5.74, 6) is -9.12. The van der Waals surface area contributed by atoms with Crippen LogP contribution in [-0.4, -0.2) is 97.2 Å². The summed E-state index contributed by atoms with van der Waals surface area (Å²) in [6, 6.07) is 3.55. The number of carbonyl (C=O) groups is 8. The number of benzene rings is 2. The Morgan fingerprint density at radius 3 is 1.94 bits per heavy atom. The molecule has 2 aliphatic rings. The molecule has 6 N–H and O–H groups in total. The lowest BCUT2D eigenvalue weighted by Crippen LogP contribution is -2.52. The molecule has 2 aliphatic heterocycles. The van der Waals surface area contributed by atoms with Gasteiger partial charge in [-0.25, -0.2) is 9.59 Å². The molecule has 4 rings (SSSR count). The van der Waals surface area contributed by atoms with Crippen LogP contribution in [0.15, 0.2) is 36.4 Å². The summed E-state index contributed by atoms with van der Waals surface area (Å²) in [4.78, 5) is 103. The molecule has 17 nitrogen and oxygen atoms in total. The highest BCUT2D eigenvalue weighted by atomic mass is 16.5. The molecule has 0 aromatic heterocycles. The quantitative estimate of drug-likeness (QED) is 0.0979. The minimum atomic E-state index is -1.52. The number of nitrogens with one attached hydrogen (secondary N) is 1. The van der Waals surface area contributed by atoms with Crippen LogP contribution in [0.2, 0.25) is 0 Å². The van der Waals surface area contributed by atoms with E-state index in [2.05, 4.69) is 5.32 Å². The molecular weight excluding hydrogens is 672 g/mol. The number of amides is 6. The van der Waals surface area contributed by atoms with Crippen LogP contribution in [0.25, 0.3) is 0 Å². The minimum Gasteiger partial charge on any atom is -0.508 e. The fourth-order valence-electron chi connectivity index (χ4n) is 5.94. The summed E-state index contributed by atoms with van der Waals surface area (Å²) in [6.07, 6.45) is -1.27. The van der Waals surface area contributed by atoms with Crippen LogP contribution >= 0.6 is 0 Å². The number of nitrogens with zero attached hydrogens (tertiary/aromatic N) is 2. The predicted molar refractivity (Wildman–Crippen MR) is 172 cm³/mol. The van der Waals surface area contributed by atoms with Crippen molar-refractivity contribution in [2.24, 2.45) is 17.6 Å². The Balaban J connectivity index is 1.33. The van der Waals surface area contributed by atoms with Crippen LogP contribution in [0.1, 0.15) is 51.2 Å². The maximum absolute atomic E-state index is 13.1. The SMILES string of the molecule is CCOC(=O)C(CC(N)=O)N1C(=O)CC(Cc2ccc(OC(=O)[C@H](C)NC(=O)C(C)N3C(=O)CC(Cc4ccc(O)cc4O)C3=O)cc2O)C1=O. The van der Waals surface area contributed by atoms with Crippen molar-refractivity contribution in [3.05, 3.63) is 47.5 Å². The molecule has 0 spiro atoms. The topological polar surface area (TPSA) is 260 Å².